The normalized spacial score (nSPS) is 11.8. The van der Waals surface area contributed by atoms with Crippen LogP contribution in [0, 0.1) is 0 Å². The van der Waals surface area contributed by atoms with Gasteiger partial charge < -0.3 is 4.42 Å². The number of hydrogen-bond donors (Lipinski definition) is 0. The number of fused-ring (bicyclic) bond motifs is 1. The van der Waals surface area contributed by atoms with Crippen molar-refractivity contribution < 1.29 is 12.8 Å². The summed E-state index contributed by atoms with van der Waals surface area (Å²) >= 11 is 0. The Morgan fingerprint density at radius 1 is 0.957 bits per heavy atom. The SMILES string of the molecule is O=S(=O)(c1ccccc1)n1cnc2c(-c3ccco3)ncnc21. The number of furan rings is 1. The predicted molar refractivity (Wildman–Crippen MR) is 82.1 cm³/mol. The summed E-state index contributed by atoms with van der Waals surface area (Å²) in [5, 5.41) is 0. The molecule has 0 saturated carbocycles. The topological polar surface area (TPSA) is 90.9 Å². The van der Waals surface area contributed by atoms with Gasteiger partial charge in [0.05, 0.1) is 11.2 Å². The van der Waals surface area contributed by atoms with Gasteiger partial charge in [-0.15, -0.1) is 0 Å². The first-order chi connectivity index (χ1) is 11.2. The molecule has 0 aliphatic rings. The van der Waals surface area contributed by atoms with Crippen LogP contribution >= 0.6 is 0 Å². The van der Waals surface area contributed by atoms with Crippen molar-refractivity contribution in [2.45, 2.75) is 4.90 Å². The second kappa shape index (κ2) is 5.03. The monoisotopic (exact) mass is 326 g/mol. The molecule has 4 rings (SSSR count). The number of imidazole rings is 1. The van der Waals surface area contributed by atoms with E-state index < -0.39 is 10.0 Å². The highest BCUT2D eigenvalue weighted by Gasteiger charge is 2.22. The molecule has 0 bridgehead atoms. The smallest absolute Gasteiger partial charge is 0.270 e. The third-order valence-electron chi connectivity index (χ3n) is 3.36. The lowest BCUT2D eigenvalue weighted by atomic mass is 10.3. The third kappa shape index (κ3) is 2.11. The summed E-state index contributed by atoms with van der Waals surface area (Å²) in [6, 6.07) is 11.6. The van der Waals surface area contributed by atoms with Crippen molar-refractivity contribution in [1.29, 1.82) is 0 Å². The molecule has 0 aliphatic heterocycles. The van der Waals surface area contributed by atoms with Crippen LogP contribution in [0.5, 0.6) is 0 Å². The highest BCUT2D eigenvalue weighted by molar-refractivity contribution is 7.90. The van der Waals surface area contributed by atoms with E-state index in [2.05, 4.69) is 15.0 Å². The Morgan fingerprint density at radius 2 is 1.78 bits per heavy atom. The molecule has 3 aromatic heterocycles. The van der Waals surface area contributed by atoms with E-state index in [1.54, 1.807) is 30.3 Å². The van der Waals surface area contributed by atoms with Gasteiger partial charge in [-0.3, -0.25) is 0 Å². The van der Waals surface area contributed by atoms with E-state index in [4.69, 9.17) is 4.42 Å². The molecule has 4 aromatic rings. The largest absolute Gasteiger partial charge is 0.463 e. The lowest BCUT2D eigenvalue weighted by Crippen LogP contribution is -2.12. The third-order valence-corrected chi connectivity index (χ3v) is 5.01. The van der Waals surface area contributed by atoms with E-state index in [9.17, 15) is 8.42 Å². The minimum Gasteiger partial charge on any atom is -0.463 e. The van der Waals surface area contributed by atoms with Gasteiger partial charge in [0.1, 0.15) is 23.9 Å². The Kier molecular flexibility index (Phi) is 2.98. The summed E-state index contributed by atoms with van der Waals surface area (Å²) < 4.78 is 31.9. The molecule has 23 heavy (non-hydrogen) atoms. The molecule has 0 unspecified atom stereocenters. The molecule has 0 amide bonds. The molecule has 0 radical (unpaired) electrons. The molecule has 0 fully saturated rings. The maximum Gasteiger partial charge on any atom is 0.270 e. The number of benzene rings is 1. The Morgan fingerprint density at radius 3 is 2.52 bits per heavy atom. The van der Waals surface area contributed by atoms with Gasteiger partial charge in [0, 0.05) is 0 Å². The first kappa shape index (κ1) is 13.6. The maximum absolute atomic E-state index is 12.7. The second-order valence-electron chi connectivity index (χ2n) is 4.73. The second-order valence-corrected chi connectivity index (χ2v) is 6.55. The van der Waals surface area contributed by atoms with Crippen molar-refractivity contribution in [1.82, 2.24) is 18.9 Å². The van der Waals surface area contributed by atoms with Crippen molar-refractivity contribution in [3.63, 3.8) is 0 Å². The quantitative estimate of drug-likeness (QED) is 0.574. The van der Waals surface area contributed by atoms with Crippen LogP contribution in [0.4, 0.5) is 0 Å². The molecule has 8 heteroatoms. The predicted octanol–water partition coefficient (Wildman–Crippen LogP) is 2.32. The average molecular weight is 326 g/mol. The fourth-order valence-corrected chi connectivity index (χ4v) is 3.55. The molecule has 0 aliphatic carbocycles. The van der Waals surface area contributed by atoms with Gasteiger partial charge in [-0.25, -0.2) is 27.3 Å². The zero-order chi connectivity index (χ0) is 15.9. The van der Waals surface area contributed by atoms with Gasteiger partial charge in [-0.1, -0.05) is 18.2 Å². The molecular weight excluding hydrogens is 316 g/mol. The number of hydrogen-bond acceptors (Lipinski definition) is 6. The highest BCUT2D eigenvalue weighted by Crippen LogP contribution is 2.26. The maximum atomic E-state index is 12.7. The molecule has 0 atom stereocenters. The van der Waals surface area contributed by atoms with Gasteiger partial charge in [0.25, 0.3) is 10.0 Å². The van der Waals surface area contributed by atoms with Crippen LogP contribution in [0.1, 0.15) is 0 Å². The summed E-state index contributed by atoms with van der Waals surface area (Å²) in [7, 11) is -3.77. The van der Waals surface area contributed by atoms with Gasteiger partial charge in [0.2, 0.25) is 0 Å². The van der Waals surface area contributed by atoms with E-state index in [-0.39, 0.29) is 10.5 Å². The number of nitrogens with zero attached hydrogens (tertiary/aromatic N) is 4. The molecule has 0 N–H and O–H groups in total. The van der Waals surface area contributed by atoms with E-state index in [0.29, 0.717) is 17.0 Å². The lowest BCUT2D eigenvalue weighted by molar-refractivity contribution is 0.580. The summed E-state index contributed by atoms with van der Waals surface area (Å²) in [6.07, 6.45) is 4.04. The van der Waals surface area contributed by atoms with E-state index >= 15 is 0 Å². The van der Waals surface area contributed by atoms with Crippen LogP contribution in [0.25, 0.3) is 22.6 Å². The summed E-state index contributed by atoms with van der Waals surface area (Å²) in [6.45, 7) is 0. The summed E-state index contributed by atoms with van der Waals surface area (Å²) in [5.41, 5.74) is 1.01. The molecule has 0 saturated heterocycles. The Hall–Kier alpha value is -3.00. The van der Waals surface area contributed by atoms with E-state index in [1.165, 1.54) is 31.1 Å². The van der Waals surface area contributed by atoms with Crippen molar-refractivity contribution in [2.24, 2.45) is 0 Å². The Balaban J connectivity index is 1.96. The van der Waals surface area contributed by atoms with Gasteiger partial charge >= 0.3 is 0 Å². The molecule has 7 nitrogen and oxygen atoms in total. The zero-order valence-electron chi connectivity index (χ0n) is 11.7. The van der Waals surface area contributed by atoms with Crippen LogP contribution in [-0.4, -0.2) is 27.3 Å². The molecule has 114 valence electrons. The van der Waals surface area contributed by atoms with Crippen LogP contribution in [-0.2, 0) is 10.0 Å². The molecule has 1 aromatic carbocycles. The van der Waals surface area contributed by atoms with Gasteiger partial charge in [-0.05, 0) is 24.3 Å². The van der Waals surface area contributed by atoms with Gasteiger partial charge in [-0.2, -0.15) is 0 Å². The van der Waals surface area contributed by atoms with E-state index in [1.807, 2.05) is 0 Å². The van der Waals surface area contributed by atoms with Crippen LogP contribution in [0.15, 0.2) is 70.7 Å². The molecule has 3 heterocycles. The van der Waals surface area contributed by atoms with Crippen molar-refractivity contribution in [2.75, 3.05) is 0 Å². The first-order valence-electron chi connectivity index (χ1n) is 6.70. The van der Waals surface area contributed by atoms with Crippen molar-refractivity contribution in [3.05, 3.63) is 61.4 Å². The van der Waals surface area contributed by atoms with Crippen LogP contribution < -0.4 is 0 Å². The summed E-state index contributed by atoms with van der Waals surface area (Å²) in [5.74, 6) is 0.500. The first-order valence-corrected chi connectivity index (χ1v) is 8.14. The minimum atomic E-state index is -3.77. The van der Waals surface area contributed by atoms with Crippen molar-refractivity contribution >= 4 is 21.2 Å². The highest BCUT2D eigenvalue weighted by atomic mass is 32.2. The molecule has 0 spiro atoms. The lowest BCUT2D eigenvalue weighted by Gasteiger charge is -2.05. The van der Waals surface area contributed by atoms with Crippen LogP contribution in [0.3, 0.4) is 0 Å². The zero-order valence-corrected chi connectivity index (χ0v) is 12.5. The number of aromatic nitrogens is 4. The average Bonchev–Trinajstić information content (AvgIpc) is 3.25. The summed E-state index contributed by atoms with van der Waals surface area (Å²) in [4.78, 5) is 12.5. The Bertz CT molecular complexity index is 1070. The Labute approximate surface area is 131 Å². The standard InChI is InChI=1S/C15H10N4O3S/c20-23(21,11-5-2-1-3-6-11)19-10-18-14-13(12-7-4-8-22-12)16-9-17-15(14)19/h1-10H. The fraction of sp³-hybridized carbons (Fsp3) is 0. The molecular formula is C15H10N4O3S. The van der Waals surface area contributed by atoms with Crippen LogP contribution in [0.2, 0.25) is 0 Å². The van der Waals surface area contributed by atoms with Gasteiger partial charge in [0.15, 0.2) is 11.4 Å². The van der Waals surface area contributed by atoms with E-state index in [0.717, 1.165) is 3.97 Å². The fourth-order valence-electron chi connectivity index (χ4n) is 2.29. The number of rotatable bonds is 3. The van der Waals surface area contributed by atoms with Crippen molar-refractivity contribution in [3.8, 4) is 11.5 Å². The minimum absolute atomic E-state index is 0.164.